The number of carbonyl (C=O) groups excluding carboxylic acids is 3. The minimum atomic E-state index is -0.539. The van der Waals surface area contributed by atoms with Gasteiger partial charge in [-0.2, -0.15) is 0 Å². The summed E-state index contributed by atoms with van der Waals surface area (Å²) >= 11 is 0. The van der Waals surface area contributed by atoms with Crippen molar-refractivity contribution in [3.8, 4) is 11.5 Å². The first-order valence-electron chi connectivity index (χ1n) is 14.0. The van der Waals surface area contributed by atoms with Gasteiger partial charge in [0.05, 0.1) is 18.3 Å². The van der Waals surface area contributed by atoms with Gasteiger partial charge in [0.15, 0.2) is 23.9 Å². The number of hydrogen-bond acceptors (Lipinski definition) is 10. The van der Waals surface area contributed by atoms with Crippen LogP contribution in [0, 0.1) is 6.92 Å². The molecule has 0 spiro atoms. The Morgan fingerprint density at radius 3 is 2.39 bits per heavy atom. The lowest BCUT2D eigenvalue weighted by molar-refractivity contribution is -0.145. The lowest BCUT2D eigenvalue weighted by atomic mass is 10.1. The number of oxime groups is 1. The number of ether oxygens (including phenoxy) is 4. The fourth-order valence-corrected chi connectivity index (χ4v) is 4.13. The molecule has 0 atom stereocenters. The summed E-state index contributed by atoms with van der Waals surface area (Å²) in [5, 5.41) is 18.0. The summed E-state index contributed by atoms with van der Waals surface area (Å²) in [6.07, 6.45) is -0.224. The molecule has 5 N–H and O–H groups in total. The molecule has 0 bridgehead atoms. The van der Waals surface area contributed by atoms with Crippen molar-refractivity contribution in [3.05, 3.63) is 82.4 Å². The van der Waals surface area contributed by atoms with Gasteiger partial charge in [-0.15, -0.1) is 0 Å². The summed E-state index contributed by atoms with van der Waals surface area (Å²) in [5.41, 5.74) is 9.68. The van der Waals surface area contributed by atoms with Gasteiger partial charge >= 0.3 is 11.9 Å². The van der Waals surface area contributed by atoms with E-state index in [0.717, 1.165) is 5.56 Å². The van der Waals surface area contributed by atoms with Crippen molar-refractivity contribution in [2.75, 3.05) is 23.8 Å². The Bertz CT molecular complexity index is 1500. The molecule has 1 amide bonds. The molecule has 3 aromatic carbocycles. The molecular weight excluding hydrogens is 568 g/mol. The topological polar surface area (TPSA) is 171 Å². The van der Waals surface area contributed by atoms with E-state index < -0.39 is 11.9 Å². The van der Waals surface area contributed by atoms with Crippen LogP contribution in [-0.2, 0) is 32.2 Å². The Labute approximate surface area is 256 Å². The first-order chi connectivity index (χ1) is 21.0. The van der Waals surface area contributed by atoms with E-state index in [0.29, 0.717) is 45.1 Å². The largest absolute Gasteiger partial charge is 0.487 e. The molecule has 0 heterocycles. The molecule has 0 radical (unpaired) electrons. The summed E-state index contributed by atoms with van der Waals surface area (Å²) in [4.78, 5) is 37.0. The summed E-state index contributed by atoms with van der Waals surface area (Å²) in [6, 6.07) is 15.4. The molecule has 0 fully saturated rings. The normalized spacial score (nSPS) is 11.1. The highest BCUT2D eigenvalue weighted by atomic mass is 16.6. The van der Waals surface area contributed by atoms with E-state index in [1.807, 2.05) is 26.8 Å². The molecule has 3 rings (SSSR count). The van der Waals surface area contributed by atoms with Crippen LogP contribution >= 0.6 is 0 Å². The second-order valence-corrected chi connectivity index (χ2v) is 10.0. The number of nitrogens with zero attached hydrogens (tertiary/aromatic N) is 1. The molecule has 0 aliphatic rings. The second-order valence-electron chi connectivity index (χ2n) is 10.0. The summed E-state index contributed by atoms with van der Waals surface area (Å²) in [5.74, 6) is -0.703. The number of aryl methyl sites for hydroxylation is 1. The predicted molar refractivity (Wildman–Crippen MR) is 165 cm³/mol. The standard InChI is InChI=1S/C32H38N4O8/c1-6-41-29(38)18-43-30-24(14-22(17-42-21(5)37)15-28(30)44-19(2)3)16-34-27-12-7-20(4)13-26(27)32(39)35-25-10-8-23(9-11-25)31(33)36-40/h7-15,19,34,40H,6,16-18H2,1-5H3,(H2,33,36)(H,35,39). The maximum Gasteiger partial charge on any atom is 0.344 e. The third-order valence-corrected chi connectivity index (χ3v) is 6.07. The van der Waals surface area contributed by atoms with Crippen LogP contribution in [0.4, 0.5) is 11.4 Å². The molecule has 0 saturated carbocycles. The maximum absolute atomic E-state index is 13.4. The average molecular weight is 607 g/mol. The lowest BCUT2D eigenvalue weighted by Gasteiger charge is -2.21. The van der Waals surface area contributed by atoms with Crippen LogP contribution in [0.25, 0.3) is 0 Å². The molecule has 44 heavy (non-hydrogen) atoms. The number of hydrogen-bond donors (Lipinski definition) is 4. The number of carbonyl (C=O) groups is 3. The number of rotatable bonds is 14. The van der Waals surface area contributed by atoms with Crippen molar-refractivity contribution in [2.45, 2.75) is 53.9 Å². The van der Waals surface area contributed by atoms with E-state index in [2.05, 4.69) is 15.8 Å². The Kier molecular flexibility index (Phi) is 12.0. The average Bonchev–Trinajstić information content (AvgIpc) is 2.98. The van der Waals surface area contributed by atoms with E-state index in [-0.39, 0.29) is 44.2 Å². The van der Waals surface area contributed by atoms with Crippen LogP contribution in [-0.4, -0.2) is 48.2 Å². The van der Waals surface area contributed by atoms with Crippen LogP contribution in [0.1, 0.15) is 60.3 Å². The number of anilines is 2. The maximum atomic E-state index is 13.4. The molecule has 0 unspecified atom stereocenters. The number of amidine groups is 1. The first-order valence-corrected chi connectivity index (χ1v) is 14.0. The van der Waals surface area contributed by atoms with Gasteiger partial charge in [0.25, 0.3) is 5.91 Å². The van der Waals surface area contributed by atoms with Gasteiger partial charge in [-0.05, 0) is 81.8 Å². The molecule has 0 aromatic heterocycles. The van der Waals surface area contributed by atoms with Gasteiger partial charge in [-0.25, -0.2) is 4.79 Å². The molecule has 12 nitrogen and oxygen atoms in total. The van der Waals surface area contributed by atoms with E-state index in [9.17, 15) is 14.4 Å². The first kappa shape index (κ1) is 33.2. The van der Waals surface area contributed by atoms with Crippen molar-refractivity contribution in [2.24, 2.45) is 10.9 Å². The molecule has 0 saturated heterocycles. The zero-order valence-electron chi connectivity index (χ0n) is 25.4. The van der Waals surface area contributed by atoms with Crippen molar-refractivity contribution in [1.82, 2.24) is 0 Å². The summed E-state index contributed by atoms with van der Waals surface area (Å²) in [7, 11) is 0. The smallest absolute Gasteiger partial charge is 0.344 e. The van der Waals surface area contributed by atoms with Gasteiger partial charge in [-0.3, -0.25) is 9.59 Å². The second kappa shape index (κ2) is 15.8. The van der Waals surface area contributed by atoms with E-state index >= 15 is 0 Å². The van der Waals surface area contributed by atoms with Gasteiger partial charge in [-0.1, -0.05) is 16.8 Å². The van der Waals surface area contributed by atoms with Crippen LogP contribution in [0.2, 0.25) is 0 Å². The summed E-state index contributed by atoms with van der Waals surface area (Å²) in [6.45, 7) is 8.64. The highest BCUT2D eigenvalue weighted by Crippen LogP contribution is 2.35. The minimum Gasteiger partial charge on any atom is -0.487 e. The van der Waals surface area contributed by atoms with Crippen molar-refractivity contribution < 1.29 is 38.5 Å². The molecular formula is C32H38N4O8. The van der Waals surface area contributed by atoms with E-state index in [1.54, 1.807) is 55.5 Å². The molecule has 0 aliphatic carbocycles. The van der Waals surface area contributed by atoms with Crippen LogP contribution in [0.3, 0.4) is 0 Å². The van der Waals surface area contributed by atoms with Crippen LogP contribution < -0.4 is 25.8 Å². The number of benzene rings is 3. The molecule has 234 valence electrons. The minimum absolute atomic E-state index is 0.00172. The Morgan fingerprint density at radius 1 is 1.02 bits per heavy atom. The van der Waals surface area contributed by atoms with Crippen molar-refractivity contribution >= 4 is 35.1 Å². The highest BCUT2D eigenvalue weighted by Gasteiger charge is 2.19. The fraction of sp³-hybridized carbons (Fsp3) is 0.312. The van der Waals surface area contributed by atoms with Gasteiger partial charge in [0, 0.05) is 36.0 Å². The zero-order valence-corrected chi connectivity index (χ0v) is 25.4. The van der Waals surface area contributed by atoms with Gasteiger partial charge in [0.1, 0.15) is 6.61 Å². The van der Waals surface area contributed by atoms with Gasteiger partial charge in [0.2, 0.25) is 0 Å². The van der Waals surface area contributed by atoms with Crippen molar-refractivity contribution in [3.63, 3.8) is 0 Å². The third kappa shape index (κ3) is 9.65. The van der Waals surface area contributed by atoms with E-state index in [4.69, 9.17) is 29.9 Å². The number of nitrogens with two attached hydrogens (primary N) is 1. The van der Waals surface area contributed by atoms with Crippen LogP contribution in [0.15, 0.2) is 59.8 Å². The SMILES string of the molecule is CCOC(=O)COc1c(CNc2ccc(C)cc2C(=O)Nc2ccc(C(N)=NO)cc2)cc(COC(C)=O)cc1OC(C)C. The number of esters is 2. The third-order valence-electron chi connectivity index (χ3n) is 6.07. The number of amides is 1. The zero-order chi connectivity index (χ0) is 32.2. The van der Waals surface area contributed by atoms with E-state index in [1.165, 1.54) is 6.92 Å². The lowest BCUT2D eigenvalue weighted by Crippen LogP contribution is -2.18. The molecule has 12 heteroatoms. The molecule has 0 aliphatic heterocycles. The predicted octanol–water partition coefficient (Wildman–Crippen LogP) is 4.75. The summed E-state index contributed by atoms with van der Waals surface area (Å²) < 4.78 is 22.2. The Morgan fingerprint density at radius 2 is 1.75 bits per heavy atom. The Hall–Kier alpha value is -5.26. The Balaban J connectivity index is 1.93. The van der Waals surface area contributed by atoms with Crippen LogP contribution in [0.5, 0.6) is 11.5 Å². The van der Waals surface area contributed by atoms with Crippen molar-refractivity contribution in [1.29, 1.82) is 0 Å². The fourth-order valence-electron chi connectivity index (χ4n) is 4.13. The van der Waals surface area contributed by atoms with Gasteiger partial charge < -0.3 is 40.5 Å². The quantitative estimate of drug-likeness (QED) is 0.0660. The number of nitrogens with one attached hydrogen (secondary N) is 2. The monoisotopic (exact) mass is 606 g/mol. The highest BCUT2D eigenvalue weighted by molar-refractivity contribution is 6.08. The molecule has 3 aromatic rings.